The topological polar surface area (TPSA) is 39.4 Å². The van der Waals surface area contributed by atoms with E-state index in [1.807, 2.05) is 67.6 Å². The summed E-state index contributed by atoms with van der Waals surface area (Å²) in [7, 11) is 0. The van der Waals surface area contributed by atoms with Crippen LogP contribution in [-0.4, -0.2) is 12.6 Å². The van der Waals surface area contributed by atoms with Crippen LogP contribution in [-0.2, 0) is 4.74 Å². The van der Waals surface area contributed by atoms with Gasteiger partial charge in [0.05, 0.1) is 6.61 Å². The Morgan fingerprint density at radius 1 is 0.931 bits per heavy atom. The molecule has 0 fully saturated rings. The second kappa shape index (κ2) is 8.66. The minimum absolute atomic E-state index is 0.300. The van der Waals surface area contributed by atoms with Gasteiger partial charge >= 0.3 is 5.97 Å². The van der Waals surface area contributed by atoms with Crippen LogP contribution >= 0.6 is 15.9 Å². The Hall–Kier alpha value is -2.85. The smallest absolute Gasteiger partial charge is 0.342 e. The summed E-state index contributed by atoms with van der Waals surface area (Å²) < 4.78 is 12.8. The van der Waals surface area contributed by atoms with E-state index in [9.17, 15) is 4.79 Å². The lowest BCUT2D eigenvalue weighted by Crippen LogP contribution is -2.08. The van der Waals surface area contributed by atoms with Crippen molar-refractivity contribution in [3.63, 3.8) is 0 Å². The lowest BCUT2D eigenvalue weighted by Gasteiger charge is -2.11. The number of furan rings is 1. The van der Waals surface area contributed by atoms with Crippen LogP contribution in [0, 0.1) is 0 Å². The standard InChI is InChI=1S/C25H21BrO3/c1-2-28-25(27)22-21(17-11-5-3-6-12-17)23(18-13-7-4-8-14-18)29-24(22)19-15-9-10-16-20(19)26/h3-8,11-16H,2,9-10H2,1H3. The SMILES string of the molecule is CCOC(=O)c1c(C2=CCCC=C2Br)oc(-c2ccccc2)c1-c1ccccc1. The van der Waals surface area contributed by atoms with E-state index < -0.39 is 0 Å². The molecule has 0 spiro atoms. The molecule has 0 unspecified atom stereocenters. The van der Waals surface area contributed by atoms with Gasteiger partial charge < -0.3 is 9.15 Å². The van der Waals surface area contributed by atoms with Gasteiger partial charge in [-0.2, -0.15) is 0 Å². The molecule has 146 valence electrons. The third-order valence-corrected chi connectivity index (χ3v) is 5.58. The molecule has 3 nitrogen and oxygen atoms in total. The molecule has 1 aliphatic rings. The van der Waals surface area contributed by atoms with Gasteiger partial charge in [0, 0.05) is 21.2 Å². The first-order valence-corrected chi connectivity index (χ1v) is 10.5. The zero-order valence-electron chi connectivity index (χ0n) is 16.2. The minimum Gasteiger partial charge on any atom is -0.462 e. The maximum Gasteiger partial charge on any atom is 0.342 e. The second-order valence-corrected chi connectivity index (χ2v) is 7.56. The molecule has 0 radical (unpaired) electrons. The number of carbonyl (C=O) groups excluding carboxylic acids is 1. The predicted octanol–water partition coefficient (Wildman–Crippen LogP) is 7.25. The van der Waals surface area contributed by atoms with Crippen LogP contribution in [0.25, 0.3) is 28.0 Å². The van der Waals surface area contributed by atoms with E-state index in [4.69, 9.17) is 9.15 Å². The monoisotopic (exact) mass is 448 g/mol. The molecule has 29 heavy (non-hydrogen) atoms. The number of hydrogen-bond acceptors (Lipinski definition) is 3. The Morgan fingerprint density at radius 2 is 1.55 bits per heavy atom. The zero-order chi connectivity index (χ0) is 20.2. The molecule has 0 bridgehead atoms. The molecule has 1 aromatic heterocycles. The van der Waals surface area contributed by atoms with Crippen LogP contribution in [0.15, 0.2) is 81.7 Å². The molecule has 2 aromatic carbocycles. The highest BCUT2D eigenvalue weighted by molar-refractivity contribution is 9.12. The van der Waals surface area contributed by atoms with Crippen LogP contribution in [0.5, 0.6) is 0 Å². The fourth-order valence-corrected chi connectivity index (χ4v) is 4.11. The normalized spacial score (nSPS) is 13.6. The average molecular weight is 449 g/mol. The molecule has 1 aliphatic carbocycles. The third kappa shape index (κ3) is 3.85. The van der Waals surface area contributed by atoms with Crippen molar-refractivity contribution >= 4 is 27.5 Å². The Kier molecular flexibility index (Phi) is 5.81. The van der Waals surface area contributed by atoms with Crippen molar-refractivity contribution in [1.82, 2.24) is 0 Å². The van der Waals surface area contributed by atoms with E-state index in [1.54, 1.807) is 0 Å². The van der Waals surface area contributed by atoms with Crippen molar-refractivity contribution in [2.24, 2.45) is 0 Å². The largest absolute Gasteiger partial charge is 0.462 e. The molecule has 0 N–H and O–H groups in total. The van der Waals surface area contributed by atoms with Crippen molar-refractivity contribution in [3.05, 3.63) is 88.6 Å². The molecule has 0 saturated carbocycles. The highest BCUT2D eigenvalue weighted by Gasteiger charge is 2.31. The fourth-order valence-electron chi connectivity index (χ4n) is 3.54. The van der Waals surface area contributed by atoms with Gasteiger partial charge in [0.2, 0.25) is 0 Å². The number of rotatable bonds is 5. The fraction of sp³-hybridized carbons (Fsp3) is 0.160. The minimum atomic E-state index is -0.376. The van der Waals surface area contributed by atoms with E-state index in [1.165, 1.54) is 0 Å². The van der Waals surface area contributed by atoms with Gasteiger partial charge in [-0.15, -0.1) is 0 Å². The maximum absolute atomic E-state index is 13.1. The van der Waals surface area contributed by atoms with E-state index in [0.29, 0.717) is 23.7 Å². The molecule has 1 heterocycles. The van der Waals surface area contributed by atoms with Gasteiger partial charge in [-0.1, -0.05) is 88.7 Å². The molecule has 3 aromatic rings. The Balaban J connectivity index is 2.04. The predicted molar refractivity (Wildman–Crippen MR) is 120 cm³/mol. The molecular formula is C25H21BrO3. The summed E-state index contributed by atoms with van der Waals surface area (Å²) in [6.07, 6.45) is 6.07. The van der Waals surface area contributed by atoms with E-state index in [0.717, 1.165) is 39.6 Å². The lowest BCUT2D eigenvalue weighted by atomic mass is 9.94. The number of hydrogen-bond donors (Lipinski definition) is 0. The van der Waals surface area contributed by atoms with Gasteiger partial charge in [-0.3, -0.25) is 0 Å². The molecule has 0 atom stereocenters. The highest BCUT2D eigenvalue weighted by atomic mass is 79.9. The number of benzene rings is 2. The Labute approximate surface area is 178 Å². The molecular weight excluding hydrogens is 428 g/mol. The summed E-state index contributed by atoms with van der Waals surface area (Å²) in [6, 6.07) is 19.7. The number of ether oxygens (including phenoxy) is 1. The third-order valence-electron chi connectivity index (χ3n) is 4.83. The van der Waals surface area contributed by atoms with Crippen LogP contribution < -0.4 is 0 Å². The molecule has 0 aliphatic heterocycles. The molecule has 0 saturated heterocycles. The summed E-state index contributed by atoms with van der Waals surface area (Å²) in [6.45, 7) is 2.11. The number of esters is 1. The quantitative estimate of drug-likeness (QED) is 0.385. The van der Waals surface area contributed by atoms with Crippen molar-refractivity contribution in [2.45, 2.75) is 19.8 Å². The summed E-state index contributed by atoms with van der Waals surface area (Å²) in [5.74, 6) is 0.838. The van der Waals surface area contributed by atoms with Crippen molar-refractivity contribution in [1.29, 1.82) is 0 Å². The number of halogens is 1. The summed E-state index contributed by atoms with van der Waals surface area (Å²) >= 11 is 3.64. The first-order chi connectivity index (χ1) is 14.2. The van der Waals surface area contributed by atoms with Crippen LogP contribution in [0.4, 0.5) is 0 Å². The van der Waals surface area contributed by atoms with Gasteiger partial charge in [-0.25, -0.2) is 4.79 Å². The van der Waals surface area contributed by atoms with E-state index >= 15 is 0 Å². The number of allylic oxidation sites excluding steroid dienone is 4. The summed E-state index contributed by atoms with van der Waals surface area (Å²) in [5, 5.41) is 0. The zero-order valence-corrected chi connectivity index (χ0v) is 17.7. The Bertz CT molecular complexity index is 1080. The first-order valence-electron chi connectivity index (χ1n) is 9.72. The average Bonchev–Trinajstić information content (AvgIpc) is 3.16. The van der Waals surface area contributed by atoms with Gasteiger partial charge in [-0.05, 0) is 25.3 Å². The van der Waals surface area contributed by atoms with Crippen molar-refractivity contribution in [2.75, 3.05) is 6.61 Å². The second-order valence-electron chi connectivity index (χ2n) is 6.71. The van der Waals surface area contributed by atoms with Gasteiger partial charge in [0.15, 0.2) is 5.76 Å². The molecule has 4 rings (SSSR count). The van der Waals surface area contributed by atoms with Crippen molar-refractivity contribution < 1.29 is 13.9 Å². The van der Waals surface area contributed by atoms with E-state index in [2.05, 4.69) is 28.1 Å². The van der Waals surface area contributed by atoms with Crippen molar-refractivity contribution in [3.8, 4) is 22.5 Å². The molecule has 0 amide bonds. The number of carbonyl (C=O) groups is 1. The maximum atomic E-state index is 13.1. The summed E-state index contributed by atoms with van der Waals surface area (Å²) in [4.78, 5) is 13.1. The molecule has 4 heteroatoms. The van der Waals surface area contributed by atoms with Crippen LogP contribution in [0.3, 0.4) is 0 Å². The lowest BCUT2D eigenvalue weighted by molar-refractivity contribution is 0.0526. The van der Waals surface area contributed by atoms with Crippen LogP contribution in [0.2, 0.25) is 0 Å². The first kappa shape index (κ1) is 19.5. The van der Waals surface area contributed by atoms with Crippen LogP contribution in [0.1, 0.15) is 35.9 Å². The Morgan fingerprint density at radius 3 is 2.17 bits per heavy atom. The van der Waals surface area contributed by atoms with Gasteiger partial charge in [0.1, 0.15) is 11.3 Å². The van der Waals surface area contributed by atoms with E-state index in [-0.39, 0.29) is 5.97 Å². The highest BCUT2D eigenvalue weighted by Crippen LogP contribution is 2.45. The van der Waals surface area contributed by atoms with Gasteiger partial charge in [0.25, 0.3) is 0 Å². The summed E-state index contributed by atoms with van der Waals surface area (Å²) in [5.41, 5.74) is 3.95.